The van der Waals surface area contributed by atoms with Crippen LogP contribution in [0.2, 0.25) is 0 Å². The number of nitrogens with zero attached hydrogens (tertiary/aromatic N) is 1. The zero-order chi connectivity index (χ0) is 20.1. The average molecular weight is 393 g/mol. The first kappa shape index (κ1) is 19.8. The molecule has 1 atom stereocenters. The predicted molar refractivity (Wildman–Crippen MR) is 117 cm³/mol. The van der Waals surface area contributed by atoms with Crippen molar-refractivity contribution in [2.24, 2.45) is 5.92 Å². The van der Waals surface area contributed by atoms with Crippen LogP contribution in [0.4, 0.5) is 5.69 Å². The lowest BCUT2D eigenvalue weighted by molar-refractivity contribution is -0.123. The van der Waals surface area contributed by atoms with Gasteiger partial charge >= 0.3 is 0 Å². The Morgan fingerprint density at radius 3 is 2.76 bits per heavy atom. The van der Waals surface area contributed by atoms with E-state index in [0.29, 0.717) is 6.54 Å². The lowest BCUT2D eigenvalue weighted by Crippen LogP contribution is -2.34. The fraction of sp³-hybridized carbons (Fsp3) is 0.480. The number of rotatable bonds is 6. The van der Waals surface area contributed by atoms with Gasteiger partial charge in [-0.05, 0) is 79.3 Å². The van der Waals surface area contributed by atoms with Gasteiger partial charge in [-0.25, -0.2) is 0 Å². The Morgan fingerprint density at radius 1 is 1.10 bits per heavy atom. The smallest absolute Gasteiger partial charge is 0.258 e. The number of anilines is 1. The number of carbonyl (C=O) groups is 1. The molecular formula is C25H32N2O2. The molecule has 2 aliphatic rings. The maximum absolute atomic E-state index is 12.3. The van der Waals surface area contributed by atoms with Crippen LogP contribution in [-0.4, -0.2) is 25.6 Å². The molecule has 1 aliphatic carbocycles. The number of ether oxygens (including phenoxy) is 1. The molecule has 154 valence electrons. The molecular weight excluding hydrogens is 360 g/mol. The molecule has 0 radical (unpaired) electrons. The van der Waals surface area contributed by atoms with Crippen LogP contribution >= 0.6 is 0 Å². The van der Waals surface area contributed by atoms with Crippen molar-refractivity contribution in [3.05, 3.63) is 59.2 Å². The van der Waals surface area contributed by atoms with Crippen molar-refractivity contribution in [2.75, 3.05) is 24.6 Å². The number of aryl methyl sites for hydroxylation is 1. The summed E-state index contributed by atoms with van der Waals surface area (Å²) in [5, 5.41) is 2.98. The van der Waals surface area contributed by atoms with Crippen LogP contribution in [0.5, 0.6) is 5.75 Å². The summed E-state index contributed by atoms with van der Waals surface area (Å²) >= 11 is 0. The van der Waals surface area contributed by atoms with E-state index in [1.54, 1.807) is 0 Å². The standard InChI is InChI=1S/C25H32N2O2/c1-19-6-5-15-27(17-19)22-13-11-20(12-14-22)16-26-25(28)18-29-24-10-4-8-21-7-2-3-9-23(21)24/h4,8,10-14,19H,2-3,5-7,9,15-18H2,1H3,(H,26,28)/t19-/m0/s1. The summed E-state index contributed by atoms with van der Waals surface area (Å²) in [4.78, 5) is 14.7. The molecule has 4 heteroatoms. The van der Waals surface area contributed by atoms with Crippen molar-refractivity contribution in [1.29, 1.82) is 0 Å². The highest BCUT2D eigenvalue weighted by molar-refractivity contribution is 5.77. The maximum Gasteiger partial charge on any atom is 0.258 e. The first-order valence-corrected chi connectivity index (χ1v) is 11.0. The first-order valence-electron chi connectivity index (χ1n) is 11.0. The van der Waals surface area contributed by atoms with E-state index in [-0.39, 0.29) is 12.5 Å². The van der Waals surface area contributed by atoms with E-state index < -0.39 is 0 Å². The van der Waals surface area contributed by atoms with Crippen LogP contribution in [0, 0.1) is 5.92 Å². The third kappa shape index (κ3) is 5.11. The highest BCUT2D eigenvalue weighted by Gasteiger charge is 2.17. The van der Waals surface area contributed by atoms with Crippen molar-refractivity contribution in [3.8, 4) is 5.75 Å². The number of fused-ring (bicyclic) bond motifs is 1. The topological polar surface area (TPSA) is 41.6 Å². The maximum atomic E-state index is 12.3. The molecule has 1 fully saturated rings. The van der Waals surface area contributed by atoms with E-state index in [0.717, 1.165) is 43.2 Å². The van der Waals surface area contributed by atoms with E-state index in [1.807, 2.05) is 12.1 Å². The second-order valence-corrected chi connectivity index (χ2v) is 8.53. The molecule has 1 aliphatic heterocycles. The van der Waals surface area contributed by atoms with Gasteiger partial charge in [-0.3, -0.25) is 4.79 Å². The summed E-state index contributed by atoms with van der Waals surface area (Å²) in [7, 11) is 0. The van der Waals surface area contributed by atoms with Gasteiger partial charge in [-0.1, -0.05) is 31.2 Å². The third-order valence-corrected chi connectivity index (χ3v) is 6.16. The summed E-state index contributed by atoms with van der Waals surface area (Å²) in [6.45, 7) is 5.20. The Balaban J connectivity index is 1.26. The van der Waals surface area contributed by atoms with Crippen LogP contribution in [0.15, 0.2) is 42.5 Å². The SMILES string of the molecule is C[C@H]1CCCN(c2ccc(CNC(=O)COc3cccc4c3CCCC4)cc2)C1. The number of hydrogen-bond donors (Lipinski definition) is 1. The van der Waals surface area contributed by atoms with E-state index in [4.69, 9.17) is 4.74 Å². The van der Waals surface area contributed by atoms with Gasteiger partial charge in [-0.2, -0.15) is 0 Å². The van der Waals surface area contributed by atoms with Crippen LogP contribution in [0.3, 0.4) is 0 Å². The summed E-state index contributed by atoms with van der Waals surface area (Å²) in [6, 6.07) is 14.8. The fourth-order valence-electron chi connectivity index (χ4n) is 4.53. The molecule has 1 amide bonds. The molecule has 29 heavy (non-hydrogen) atoms. The number of amides is 1. The minimum Gasteiger partial charge on any atom is -0.483 e. The second kappa shape index (κ2) is 9.34. The molecule has 2 aromatic carbocycles. The highest BCUT2D eigenvalue weighted by Crippen LogP contribution is 2.29. The van der Waals surface area contributed by atoms with Crippen molar-refractivity contribution in [2.45, 2.75) is 52.0 Å². The number of hydrogen-bond acceptors (Lipinski definition) is 3. The van der Waals surface area contributed by atoms with Gasteiger partial charge in [0.25, 0.3) is 5.91 Å². The molecule has 4 rings (SSSR count). The summed E-state index contributed by atoms with van der Waals surface area (Å²) in [5.41, 5.74) is 5.06. The lowest BCUT2D eigenvalue weighted by atomic mass is 9.91. The van der Waals surface area contributed by atoms with E-state index in [2.05, 4.69) is 47.5 Å². The van der Waals surface area contributed by atoms with Gasteiger partial charge in [0.2, 0.25) is 0 Å². The number of benzene rings is 2. The predicted octanol–water partition coefficient (Wildman–Crippen LogP) is 4.50. The van der Waals surface area contributed by atoms with Crippen molar-refractivity contribution < 1.29 is 9.53 Å². The Morgan fingerprint density at radius 2 is 1.93 bits per heavy atom. The summed E-state index contributed by atoms with van der Waals surface area (Å²) < 4.78 is 5.84. The number of piperidine rings is 1. The molecule has 0 bridgehead atoms. The molecule has 1 saturated heterocycles. The molecule has 2 aromatic rings. The fourth-order valence-corrected chi connectivity index (χ4v) is 4.53. The van der Waals surface area contributed by atoms with Crippen LogP contribution < -0.4 is 15.0 Å². The minimum atomic E-state index is -0.0765. The highest BCUT2D eigenvalue weighted by atomic mass is 16.5. The minimum absolute atomic E-state index is 0.0696. The van der Waals surface area contributed by atoms with Gasteiger partial charge in [0.1, 0.15) is 5.75 Å². The average Bonchev–Trinajstić information content (AvgIpc) is 2.76. The molecule has 0 spiro atoms. The number of nitrogens with one attached hydrogen (secondary N) is 1. The Labute approximate surface area is 174 Å². The second-order valence-electron chi connectivity index (χ2n) is 8.53. The summed E-state index contributed by atoms with van der Waals surface area (Å²) in [5.74, 6) is 1.56. The summed E-state index contributed by atoms with van der Waals surface area (Å²) in [6.07, 6.45) is 7.21. The molecule has 0 aromatic heterocycles. The zero-order valence-electron chi connectivity index (χ0n) is 17.5. The molecule has 0 unspecified atom stereocenters. The molecule has 4 nitrogen and oxygen atoms in total. The van der Waals surface area contributed by atoms with Crippen molar-refractivity contribution >= 4 is 11.6 Å². The van der Waals surface area contributed by atoms with Crippen molar-refractivity contribution in [3.63, 3.8) is 0 Å². The third-order valence-electron chi connectivity index (χ3n) is 6.16. The quantitative estimate of drug-likeness (QED) is 0.787. The van der Waals surface area contributed by atoms with Crippen LogP contribution in [0.25, 0.3) is 0 Å². The van der Waals surface area contributed by atoms with E-state index in [9.17, 15) is 4.79 Å². The van der Waals surface area contributed by atoms with Gasteiger partial charge in [0.05, 0.1) is 0 Å². The van der Waals surface area contributed by atoms with Gasteiger partial charge in [0.15, 0.2) is 6.61 Å². The Kier molecular flexibility index (Phi) is 6.38. The Hall–Kier alpha value is -2.49. The van der Waals surface area contributed by atoms with E-state index in [1.165, 1.54) is 42.5 Å². The normalized spacial score (nSPS) is 18.8. The van der Waals surface area contributed by atoms with Crippen LogP contribution in [-0.2, 0) is 24.2 Å². The van der Waals surface area contributed by atoms with Crippen molar-refractivity contribution in [1.82, 2.24) is 5.32 Å². The van der Waals surface area contributed by atoms with E-state index >= 15 is 0 Å². The van der Waals surface area contributed by atoms with Gasteiger partial charge in [-0.15, -0.1) is 0 Å². The number of carbonyl (C=O) groups excluding carboxylic acids is 1. The zero-order valence-corrected chi connectivity index (χ0v) is 17.5. The van der Waals surface area contributed by atoms with Crippen LogP contribution in [0.1, 0.15) is 49.3 Å². The molecule has 1 N–H and O–H groups in total. The first-order chi connectivity index (χ1) is 14.2. The largest absolute Gasteiger partial charge is 0.483 e. The molecule has 0 saturated carbocycles. The van der Waals surface area contributed by atoms with Gasteiger partial charge < -0.3 is 15.0 Å². The molecule has 1 heterocycles. The Bertz CT molecular complexity index is 831. The monoisotopic (exact) mass is 392 g/mol. The lowest BCUT2D eigenvalue weighted by Gasteiger charge is -2.32. The van der Waals surface area contributed by atoms with Gasteiger partial charge in [0, 0.05) is 25.3 Å².